The van der Waals surface area contributed by atoms with Gasteiger partial charge in [0.25, 0.3) is 0 Å². The van der Waals surface area contributed by atoms with Crippen LogP contribution < -0.4 is 9.71 Å². The largest absolute Gasteiger partial charge is 0.238 e. The van der Waals surface area contributed by atoms with E-state index in [9.17, 15) is 8.42 Å². The summed E-state index contributed by atoms with van der Waals surface area (Å²) in [5.74, 6) is 0. The minimum atomic E-state index is -3.70. The Morgan fingerprint density at radius 3 is 2.27 bits per heavy atom. The summed E-state index contributed by atoms with van der Waals surface area (Å²) in [5, 5.41) is 5.27. The standard InChI is InChI=1S/C17H19N2O2S/c1-12-17(2,3)15-11-14(22(18,20)21)9-10-16(15)19(12)13-7-5-4-6-8-13/h4-11H,1-3H3,(H2,18,20,21)/q+1. The molecule has 0 spiro atoms. The van der Waals surface area contributed by atoms with Gasteiger partial charge in [-0.3, -0.25) is 0 Å². The van der Waals surface area contributed by atoms with Crippen molar-refractivity contribution in [1.29, 1.82) is 0 Å². The van der Waals surface area contributed by atoms with Crippen molar-refractivity contribution >= 4 is 27.1 Å². The van der Waals surface area contributed by atoms with Gasteiger partial charge in [0, 0.05) is 30.7 Å². The lowest BCUT2D eigenvalue weighted by molar-refractivity contribution is 0.597. The highest BCUT2D eigenvalue weighted by molar-refractivity contribution is 7.89. The summed E-state index contributed by atoms with van der Waals surface area (Å²) in [4.78, 5) is 0.155. The highest BCUT2D eigenvalue weighted by Crippen LogP contribution is 2.42. The predicted octanol–water partition coefficient (Wildman–Crippen LogP) is 2.92. The van der Waals surface area contributed by atoms with E-state index in [1.807, 2.05) is 36.4 Å². The van der Waals surface area contributed by atoms with Crippen LogP contribution in [0, 0.1) is 0 Å². The average Bonchev–Trinajstić information content (AvgIpc) is 2.66. The molecule has 0 amide bonds. The van der Waals surface area contributed by atoms with Crippen molar-refractivity contribution in [3.05, 3.63) is 54.1 Å². The number of benzene rings is 2. The van der Waals surface area contributed by atoms with Crippen molar-refractivity contribution in [3.8, 4) is 0 Å². The number of primary sulfonamides is 1. The van der Waals surface area contributed by atoms with E-state index in [0.29, 0.717) is 0 Å². The van der Waals surface area contributed by atoms with Crippen LogP contribution in [0.1, 0.15) is 26.3 Å². The van der Waals surface area contributed by atoms with Crippen molar-refractivity contribution in [3.63, 3.8) is 0 Å². The van der Waals surface area contributed by atoms with E-state index in [1.54, 1.807) is 12.1 Å². The number of hydrogen-bond acceptors (Lipinski definition) is 2. The first-order chi connectivity index (χ1) is 10.2. The minimum absolute atomic E-state index is 0.155. The molecule has 5 heteroatoms. The van der Waals surface area contributed by atoms with Gasteiger partial charge < -0.3 is 0 Å². The van der Waals surface area contributed by atoms with E-state index in [4.69, 9.17) is 5.14 Å². The smallest absolute Gasteiger partial charge is 0.225 e. The Kier molecular flexibility index (Phi) is 3.23. The Morgan fingerprint density at radius 1 is 1.05 bits per heavy atom. The number of rotatable bonds is 2. The van der Waals surface area contributed by atoms with Gasteiger partial charge in [-0.1, -0.05) is 18.2 Å². The third kappa shape index (κ3) is 2.17. The van der Waals surface area contributed by atoms with Gasteiger partial charge in [-0.25, -0.2) is 13.6 Å². The van der Waals surface area contributed by atoms with Crippen LogP contribution in [0.2, 0.25) is 0 Å². The molecule has 1 heterocycles. The number of nitrogens with zero attached hydrogens (tertiary/aromatic N) is 1. The first-order valence-corrected chi connectivity index (χ1v) is 8.64. The summed E-state index contributed by atoms with van der Waals surface area (Å²) >= 11 is 0. The molecule has 0 radical (unpaired) electrons. The first-order valence-electron chi connectivity index (χ1n) is 7.09. The quantitative estimate of drug-likeness (QED) is 0.866. The molecule has 0 saturated heterocycles. The van der Waals surface area contributed by atoms with Crippen molar-refractivity contribution in [1.82, 2.24) is 4.58 Å². The first kappa shape index (κ1) is 14.9. The lowest BCUT2D eigenvalue weighted by Crippen LogP contribution is -2.26. The number of sulfonamides is 1. The van der Waals surface area contributed by atoms with Crippen molar-refractivity contribution in [2.45, 2.75) is 31.1 Å². The van der Waals surface area contributed by atoms with Gasteiger partial charge in [0.05, 0.1) is 10.3 Å². The fraction of sp³-hybridized carbons (Fsp3) is 0.235. The van der Waals surface area contributed by atoms with Gasteiger partial charge in [-0.2, -0.15) is 4.58 Å². The number of para-hydroxylation sites is 1. The van der Waals surface area contributed by atoms with Gasteiger partial charge >= 0.3 is 0 Å². The van der Waals surface area contributed by atoms with E-state index in [0.717, 1.165) is 22.6 Å². The Morgan fingerprint density at radius 2 is 1.68 bits per heavy atom. The van der Waals surface area contributed by atoms with Crippen LogP contribution in [-0.2, 0) is 15.4 Å². The van der Waals surface area contributed by atoms with E-state index >= 15 is 0 Å². The zero-order valence-corrected chi connectivity index (χ0v) is 13.7. The third-order valence-corrected chi connectivity index (χ3v) is 5.38. The van der Waals surface area contributed by atoms with Crippen LogP contribution >= 0.6 is 0 Å². The topological polar surface area (TPSA) is 63.2 Å². The average molecular weight is 315 g/mol. The summed E-state index contributed by atoms with van der Waals surface area (Å²) < 4.78 is 25.4. The molecule has 0 fully saturated rings. The Bertz CT molecular complexity index is 882. The second-order valence-electron chi connectivity index (χ2n) is 6.11. The molecular formula is C17H19N2O2S+. The van der Waals surface area contributed by atoms with Crippen LogP contribution in [0.4, 0.5) is 11.4 Å². The molecule has 2 aromatic carbocycles. The molecule has 0 aromatic heterocycles. The lowest BCUT2D eigenvalue weighted by Gasteiger charge is -2.15. The summed E-state index contributed by atoms with van der Waals surface area (Å²) in [6, 6.07) is 15.1. The van der Waals surface area contributed by atoms with E-state index in [1.165, 1.54) is 0 Å². The molecule has 1 aliphatic rings. The van der Waals surface area contributed by atoms with Crippen molar-refractivity contribution < 1.29 is 8.42 Å². The zero-order valence-electron chi connectivity index (χ0n) is 12.9. The summed E-state index contributed by atoms with van der Waals surface area (Å²) in [5.41, 5.74) is 3.93. The van der Waals surface area contributed by atoms with Crippen LogP contribution in [0.25, 0.3) is 0 Å². The Hall–Kier alpha value is -1.98. The molecule has 3 rings (SSSR count). The molecule has 0 unspecified atom stereocenters. The van der Waals surface area contributed by atoms with Crippen LogP contribution in [0.15, 0.2) is 53.4 Å². The van der Waals surface area contributed by atoms with Crippen molar-refractivity contribution in [2.75, 3.05) is 0 Å². The Balaban J connectivity index is 2.28. The second kappa shape index (κ2) is 4.76. The zero-order chi connectivity index (χ0) is 16.1. The molecule has 1 aliphatic heterocycles. The van der Waals surface area contributed by atoms with Crippen LogP contribution in [-0.4, -0.2) is 14.1 Å². The normalized spacial score (nSPS) is 16.7. The minimum Gasteiger partial charge on any atom is -0.225 e. The SMILES string of the molecule is CC1=[N+](c2ccccc2)c2ccc(S(N)(=O)=O)cc2C1(C)C. The van der Waals surface area contributed by atoms with Gasteiger partial charge in [-0.05, 0) is 26.0 Å². The molecule has 0 aliphatic carbocycles. The van der Waals surface area contributed by atoms with Gasteiger partial charge in [0.1, 0.15) is 0 Å². The summed E-state index contributed by atoms with van der Waals surface area (Å²) in [6.45, 7) is 6.26. The van der Waals surface area contributed by atoms with Gasteiger partial charge in [0.15, 0.2) is 5.71 Å². The number of hydrogen-bond donors (Lipinski definition) is 1. The molecule has 0 saturated carbocycles. The summed E-state index contributed by atoms with van der Waals surface area (Å²) in [6.07, 6.45) is 0. The molecular weight excluding hydrogens is 296 g/mol. The molecule has 2 N–H and O–H groups in total. The second-order valence-corrected chi connectivity index (χ2v) is 7.67. The molecule has 114 valence electrons. The van der Waals surface area contributed by atoms with Gasteiger partial charge in [0.2, 0.25) is 21.4 Å². The fourth-order valence-electron chi connectivity index (χ4n) is 2.95. The van der Waals surface area contributed by atoms with Crippen molar-refractivity contribution in [2.24, 2.45) is 5.14 Å². The lowest BCUT2D eigenvalue weighted by atomic mass is 9.82. The third-order valence-electron chi connectivity index (χ3n) is 4.47. The maximum absolute atomic E-state index is 11.6. The molecule has 0 atom stereocenters. The predicted molar refractivity (Wildman–Crippen MR) is 89.4 cm³/mol. The fourth-order valence-corrected chi connectivity index (χ4v) is 3.49. The highest BCUT2D eigenvalue weighted by Gasteiger charge is 2.44. The van der Waals surface area contributed by atoms with Crippen LogP contribution in [0.3, 0.4) is 0 Å². The molecule has 22 heavy (non-hydrogen) atoms. The highest BCUT2D eigenvalue weighted by atomic mass is 32.2. The van der Waals surface area contributed by atoms with E-state index in [-0.39, 0.29) is 10.3 Å². The molecule has 4 nitrogen and oxygen atoms in total. The van der Waals surface area contributed by atoms with Gasteiger partial charge in [-0.15, -0.1) is 0 Å². The Labute approximate surface area is 131 Å². The molecule has 2 aromatic rings. The number of nitrogens with two attached hydrogens (primary N) is 1. The monoisotopic (exact) mass is 315 g/mol. The van der Waals surface area contributed by atoms with Crippen LogP contribution in [0.5, 0.6) is 0 Å². The van der Waals surface area contributed by atoms with E-state index in [2.05, 4.69) is 25.3 Å². The maximum atomic E-state index is 11.6. The van der Waals surface area contributed by atoms with E-state index < -0.39 is 10.0 Å². The number of fused-ring (bicyclic) bond motifs is 1. The maximum Gasteiger partial charge on any atom is 0.238 e. The molecule has 0 bridgehead atoms. The summed E-state index contributed by atoms with van der Waals surface area (Å²) in [7, 11) is -3.70.